The highest BCUT2D eigenvalue weighted by molar-refractivity contribution is 5.84. The fourth-order valence-electron chi connectivity index (χ4n) is 10.8. The molecule has 20 heteroatoms. The largest absolute Gasteiger partial charge is 0.264 e. The fraction of sp³-hybridized carbons (Fsp3) is 0.273. The van der Waals surface area contributed by atoms with Crippen LogP contribution in [0.25, 0.3) is 109 Å². The quantitative estimate of drug-likeness (QED) is 0.137. The van der Waals surface area contributed by atoms with Crippen molar-refractivity contribution in [2.75, 3.05) is 0 Å². The molecule has 0 saturated heterocycles. The number of pyridine rings is 18. The van der Waals surface area contributed by atoms with E-state index in [9.17, 15) is 0 Å². The summed E-state index contributed by atoms with van der Waals surface area (Å²) in [5.41, 5.74) is 19.4. The van der Waals surface area contributed by atoms with Crippen LogP contribution in [0.3, 0.4) is 0 Å². The molecule has 0 saturated carbocycles. The maximum absolute atomic E-state index is 4.26. The Labute approximate surface area is 774 Å². The van der Waals surface area contributed by atoms with Gasteiger partial charge in [0.25, 0.3) is 0 Å². The zero-order valence-electron chi connectivity index (χ0n) is 82.8. The standard InChI is InChI=1S/10C9H8N2.10C2H6/c1-7-4-9-5-10-3-2-8(9)6-11-7;1-7-4-8-2-3-10-5-9(8)6-11-7;1-7-4-8-6-10-3-2-9(8)11-5-7;1-7-4-8-2-3-10-6-9(8)11-5-7;1-7-4-5-8-3-2-6-10-9(8)11-7;1-7-5-9-8(6-11-7)3-2-4-10-9;1-7-5-8-3-2-4-10-9(8)6-11-7;1-7-5-9-8(11-6-7)3-2-4-10-9;1-7-5-8-3-2-4-10-9(8)11-6-7;1-7-8-4-2-3-5-9(8)11-6-10-7;10*1-2/h10*2-6H,1H3;10*1-2H3. The van der Waals surface area contributed by atoms with Gasteiger partial charge in [-0.2, -0.15) is 0 Å². The van der Waals surface area contributed by atoms with E-state index in [4.69, 9.17) is 0 Å². The Balaban J connectivity index is 0.000000706. The summed E-state index contributed by atoms with van der Waals surface area (Å²) in [6.07, 6.45) is 39.6. The number of para-hydroxylation sites is 1. The molecule has 20 aromatic rings. The minimum atomic E-state index is 0.818. The zero-order chi connectivity index (χ0) is 96.8. The van der Waals surface area contributed by atoms with Crippen molar-refractivity contribution >= 4 is 109 Å². The summed E-state index contributed by atoms with van der Waals surface area (Å²) in [5, 5.41) is 12.4. The summed E-state index contributed by atoms with van der Waals surface area (Å²) in [5.74, 6) is 0. The van der Waals surface area contributed by atoms with E-state index in [2.05, 4.69) is 124 Å². The van der Waals surface area contributed by atoms with E-state index in [1.54, 1.807) is 74.5 Å². The lowest BCUT2D eigenvalue weighted by molar-refractivity contribution is 1.15. The first kappa shape index (κ1) is 114. The first-order valence-corrected chi connectivity index (χ1v) is 45.3. The van der Waals surface area contributed by atoms with Gasteiger partial charge in [0.05, 0.1) is 51.0 Å². The number of rotatable bonds is 0. The number of hydrogen-bond acceptors (Lipinski definition) is 20. The molecule has 0 aliphatic rings. The summed E-state index contributed by atoms with van der Waals surface area (Å²) in [6, 6.07) is 55.8. The Morgan fingerprint density at radius 1 is 0.169 bits per heavy atom. The van der Waals surface area contributed by atoms with E-state index in [1.165, 1.54) is 22.1 Å². The highest BCUT2D eigenvalue weighted by Gasteiger charge is 2.01. The van der Waals surface area contributed by atoms with Crippen LogP contribution in [0, 0.1) is 69.2 Å². The van der Waals surface area contributed by atoms with Gasteiger partial charge < -0.3 is 0 Å². The molecule has 20 nitrogen and oxygen atoms in total. The van der Waals surface area contributed by atoms with E-state index in [0.29, 0.717) is 0 Å². The van der Waals surface area contributed by atoms with Crippen LogP contribution >= 0.6 is 0 Å². The molecule has 0 N–H and O–H groups in total. The maximum Gasteiger partial charge on any atom is 0.159 e. The van der Waals surface area contributed by atoms with E-state index in [-0.39, 0.29) is 0 Å². The van der Waals surface area contributed by atoms with Crippen LogP contribution in [-0.2, 0) is 0 Å². The number of fused-ring (bicyclic) bond motifs is 10. The highest BCUT2D eigenvalue weighted by atomic mass is 14.8. The normalized spacial score (nSPS) is 9.15. The smallest absolute Gasteiger partial charge is 0.159 e. The van der Waals surface area contributed by atoms with Crippen LogP contribution in [0.5, 0.6) is 0 Å². The molecule has 20 rings (SSSR count). The average Bonchev–Trinajstić information content (AvgIpc) is 0.831. The van der Waals surface area contributed by atoms with Crippen molar-refractivity contribution in [3.8, 4) is 0 Å². The summed E-state index contributed by atoms with van der Waals surface area (Å²) in [6.45, 7) is 60.0. The van der Waals surface area contributed by atoms with Gasteiger partial charge >= 0.3 is 0 Å². The van der Waals surface area contributed by atoms with Crippen molar-refractivity contribution in [2.45, 2.75) is 208 Å². The zero-order valence-corrected chi connectivity index (χ0v) is 82.8. The molecule has 0 atom stereocenters. The molecular weight excluding hydrogens is 1600 g/mol. The minimum absolute atomic E-state index is 0.818. The van der Waals surface area contributed by atoms with Gasteiger partial charge in [0.2, 0.25) is 0 Å². The molecule has 130 heavy (non-hydrogen) atoms. The van der Waals surface area contributed by atoms with Crippen molar-refractivity contribution < 1.29 is 0 Å². The third kappa shape index (κ3) is 41.4. The van der Waals surface area contributed by atoms with Crippen LogP contribution in [0.2, 0.25) is 0 Å². The van der Waals surface area contributed by atoms with Gasteiger partial charge in [0.1, 0.15) is 6.33 Å². The van der Waals surface area contributed by atoms with E-state index >= 15 is 0 Å². The molecule has 0 unspecified atom stereocenters. The average molecular weight is 1740 g/mol. The van der Waals surface area contributed by atoms with Crippen LogP contribution in [-0.4, -0.2) is 99.7 Å². The Hall–Kier alpha value is -14.4. The number of hydrogen-bond donors (Lipinski definition) is 0. The van der Waals surface area contributed by atoms with Gasteiger partial charge in [-0.05, 0) is 242 Å². The summed E-state index contributed by atoms with van der Waals surface area (Å²) in [7, 11) is 0. The van der Waals surface area contributed by atoms with Gasteiger partial charge in [0.15, 0.2) is 11.3 Å². The summed E-state index contributed by atoms with van der Waals surface area (Å²) >= 11 is 0. The third-order valence-electron chi connectivity index (χ3n) is 16.3. The lowest BCUT2D eigenvalue weighted by atomic mass is 10.2. The van der Waals surface area contributed by atoms with Crippen LogP contribution in [0.1, 0.15) is 195 Å². The van der Waals surface area contributed by atoms with Crippen molar-refractivity contribution in [3.63, 3.8) is 0 Å². The predicted molar refractivity (Wildman–Crippen MR) is 556 cm³/mol. The summed E-state index contributed by atoms with van der Waals surface area (Å²) < 4.78 is 0. The van der Waals surface area contributed by atoms with Gasteiger partial charge in [-0.25, -0.2) is 29.9 Å². The molecule has 680 valence electrons. The number of benzene rings is 1. The van der Waals surface area contributed by atoms with Crippen LogP contribution in [0.4, 0.5) is 0 Å². The third-order valence-corrected chi connectivity index (χ3v) is 16.3. The molecule has 0 radical (unpaired) electrons. The predicted octanol–water partition coefficient (Wildman–Crippen LogP) is 29.6. The molecule has 0 amide bonds. The molecule has 1 aromatic carbocycles. The van der Waals surface area contributed by atoms with Gasteiger partial charge in [0, 0.05) is 206 Å². The maximum atomic E-state index is 4.26. The first-order valence-electron chi connectivity index (χ1n) is 45.3. The Kier molecular flexibility index (Phi) is 61.0. The molecule has 19 aromatic heterocycles. The van der Waals surface area contributed by atoms with Gasteiger partial charge in [-0.1, -0.05) is 163 Å². The highest BCUT2D eigenvalue weighted by Crippen LogP contribution is 2.18. The molecule has 0 aliphatic carbocycles. The number of aryl methyl sites for hydroxylation is 10. The van der Waals surface area contributed by atoms with Crippen molar-refractivity contribution in [2.24, 2.45) is 0 Å². The molecule has 0 aliphatic heterocycles. The van der Waals surface area contributed by atoms with E-state index in [0.717, 1.165) is 144 Å². The van der Waals surface area contributed by atoms with Crippen LogP contribution < -0.4 is 0 Å². The Bertz CT molecular complexity index is 5270. The van der Waals surface area contributed by atoms with Crippen molar-refractivity contribution in [1.29, 1.82) is 0 Å². The van der Waals surface area contributed by atoms with Crippen molar-refractivity contribution in [1.82, 2.24) is 99.7 Å². The minimum Gasteiger partial charge on any atom is -0.264 e. The van der Waals surface area contributed by atoms with Gasteiger partial charge in [-0.3, -0.25) is 69.8 Å². The van der Waals surface area contributed by atoms with Gasteiger partial charge in [-0.15, -0.1) is 0 Å². The molecule has 19 heterocycles. The lowest BCUT2D eigenvalue weighted by Crippen LogP contribution is -1.85. The van der Waals surface area contributed by atoms with E-state index < -0.39 is 0 Å². The fourth-order valence-corrected chi connectivity index (χ4v) is 10.8. The number of aromatic nitrogens is 20. The second kappa shape index (κ2) is 69.8. The van der Waals surface area contributed by atoms with Crippen molar-refractivity contribution in [3.05, 3.63) is 363 Å². The summed E-state index contributed by atoms with van der Waals surface area (Å²) in [4.78, 5) is 82.8. The van der Waals surface area contributed by atoms with E-state index in [1.807, 2.05) is 415 Å². The monoisotopic (exact) mass is 1740 g/mol. The second-order valence-electron chi connectivity index (χ2n) is 25.4. The second-order valence-corrected chi connectivity index (χ2v) is 25.4. The van der Waals surface area contributed by atoms with Crippen LogP contribution in [0.15, 0.2) is 306 Å². The SMILES string of the molecule is CC.CC.CC.CC.CC.CC.CC.CC.CC.CC.Cc1cc2cccnc2cn1.Cc1cc2ccncc2cn1.Cc1cc2cnccc2cn1.Cc1cc2ncccc2cn1.Cc1ccc2cccnc2n1.Cc1cnc2cccnc2c1.Cc1cnc2ccncc2c1.Cc1cnc2cnccc2c1.Cc1cnc2ncccc2c1.Cc1ncnc2ccccc12. The lowest BCUT2D eigenvalue weighted by Gasteiger charge is -1.96. The Morgan fingerprint density at radius 2 is 0.569 bits per heavy atom. The number of nitrogens with zero attached hydrogens (tertiary/aromatic N) is 20. The molecule has 0 spiro atoms. The molecule has 0 bridgehead atoms. The Morgan fingerprint density at radius 3 is 1.19 bits per heavy atom. The topological polar surface area (TPSA) is 258 Å². The molecular formula is C110H140N20. The molecule has 0 fully saturated rings. The first-order chi connectivity index (χ1) is 63.6.